The number of halogens is 3. The van der Waals surface area contributed by atoms with Crippen molar-refractivity contribution in [2.75, 3.05) is 13.1 Å². The van der Waals surface area contributed by atoms with E-state index >= 15 is 0 Å². The van der Waals surface area contributed by atoms with E-state index in [2.05, 4.69) is 10.6 Å². The largest absolute Gasteiger partial charge is 0.347 e. The van der Waals surface area contributed by atoms with Gasteiger partial charge in [-0.15, -0.1) is 23.7 Å². The number of fused-ring (bicyclic) bond motifs is 1. The molecule has 1 amide bonds. The molecule has 20 heavy (non-hydrogen) atoms. The van der Waals surface area contributed by atoms with Gasteiger partial charge in [-0.05, 0) is 25.1 Å². The van der Waals surface area contributed by atoms with Gasteiger partial charge in [0.2, 0.25) is 0 Å². The Hall–Kier alpha value is -0.520. The molecule has 1 aliphatic rings. The first kappa shape index (κ1) is 15.9. The van der Waals surface area contributed by atoms with Crippen LogP contribution in [0.4, 0.5) is 0 Å². The van der Waals surface area contributed by atoms with Crippen molar-refractivity contribution >= 4 is 62.9 Å². The quantitative estimate of drug-likeness (QED) is 0.866. The Balaban J connectivity index is 0.00000147. The Morgan fingerprint density at radius 3 is 2.90 bits per heavy atom. The van der Waals surface area contributed by atoms with Crippen LogP contribution in [0.1, 0.15) is 16.1 Å². The average Bonchev–Trinajstić information content (AvgIpc) is 2.97. The molecule has 3 rings (SSSR count). The van der Waals surface area contributed by atoms with Gasteiger partial charge < -0.3 is 10.6 Å². The van der Waals surface area contributed by atoms with E-state index < -0.39 is 0 Å². The van der Waals surface area contributed by atoms with Crippen LogP contribution in [0.15, 0.2) is 18.2 Å². The van der Waals surface area contributed by atoms with Gasteiger partial charge in [-0.1, -0.05) is 29.3 Å². The van der Waals surface area contributed by atoms with E-state index in [-0.39, 0.29) is 24.4 Å². The molecule has 1 fully saturated rings. The number of hydrogen-bond acceptors (Lipinski definition) is 3. The molecule has 108 valence electrons. The zero-order valence-electron chi connectivity index (χ0n) is 10.4. The molecule has 0 spiro atoms. The molecule has 1 unspecified atom stereocenters. The highest BCUT2D eigenvalue weighted by Crippen LogP contribution is 2.36. The lowest BCUT2D eigenvalue weighted by Crippen LogP contribution is -2.35. The molecule has 1 aromatic heterocycles. The molecule has 3 nitrogen and oxygen atoms in total. The van der Waals surface area contributed by atoms with Crippen LogP contribution in [-0.4, -0.2) is 25.0 Å². The van der Waals surface area contributed by atoms with E-state index in [0.29, 0.717) is 14.9 Å². The van der Waals surface area contributed by atoms with Gasteiger partial charge in [-0.25, -0.2) is 0 Å². The van der Waals surface area contributed by atoms with Crippen molar-refractivity contribution in [2.24, 2.45) is 0 Å². The van der Waals surface area contributed by atoms with Gasteiger partial charge in [0.15, 0.2) is 0 Å². The van der Waals surface area contributed by atoms with Gasteiger partial charge in [0.1, 0.15) is 4.88 Å². The molecule has 7 heteroatoms. The molecule has 1 aromatic carbocycles. The third-order valence-corrected chi connectivity index (χ3v) is 5.08. The minimum atomic E-state index is -0.101. The smallest absolute Gasteiger partial charge is 0.263 e. The second-order valence-corrected chi connectivity index (χ2v) is 6.42. The number of amides is 1. The number of thiophene rings is 1. The highest BCUT2D eigenvalue weighted by Gasteiger charge is 2.21. The first-order chi connectivity index (χ1) is 9.15. The molecule has 1 atom stereocenters. The van der Waals surface area contributed by atoms with Crippen LogP contribution in [-0.2, 0) is 0 Å². The predicted molar refractivity (Wildman–Crippen MR) is 87.8 cm³/mol. The fraction of sp³-hybridized carbons (Fsp3) is 0.308. The van der Waals surface area contributed by atoms with Crippen molar-refractivity contribution in [1.82, 2.24) is 10.6 Å². The Bertz CT molecular complexity index is 638. The molecule has 0 bridgehead atoms. The van der Waals surface area contributed by atoms with Gasteiger partial charge in [0.25, 0.3) is 5.91 Å². The first-order valence-corrected chi connectivity index (χ1v) is 7.61. The maximum absolute atomic E-state index is 12.2. The standard InChI is InChI=1S/C13H12Cl2N2OS.ClH/c14-7-1-2-9-10(5-7)19-12(11(9)15)13(18)17-8-3-4-16-6-8;/h1-2,5,8,16H,3-4,6H2,(H,17,18);1H. The number of carbonyl (C=O) groups is 1. The summed E-state index contributed by atoms with van der Waals surface area (Å²) in [4.78, 5) is 12.8. The molecule has 2 heterocycles. The summed E-state index contributed by atoms with van der Waals surface area (Å²) in [7, 11) is 0. The molecular formula is C13H13Cl3N2OS. The van der Waals surface area contributed by atoms with Gasteiger partial charge in [0, 0.05) is 27.7 Å². The average molecular weight is 352 g/mol. The van der Waals surface area contributed by atoms with Crippen molar-refractivity contribution in [1.29, 1.82) is 0 Å². The van der Waals surface area contributed by atoms with Gasteiger partial charge >= 0.3 is 0 Å². The second-order valence-electron chi connectivity index (χ2n) is 4.55. The van der Waals surface area contributed by atoms with Crippen LogP contribution in [0.3, 0.4) is 0 Å². The number of rotatable bonds is 2. The van der Waals surface area contributed by atoms with Crippen LogP contribution in [0, 0.1) is 0 Å². The van der Waals surface area contributed by atoms with E-state index in [1.54, 1.807) is 6.07 Å². The van der Waals surface area contributed by atoms with Gasteiger partial charge in [0.05, 0.1) is 5.02 Å². The third kappa shape index (κ3) is 3.05. The van der Waals surface area contributed by atoms with Crippen molar-refractivity contribution < 1.29 is 4.79 Å². The van der Waals surface area contributed by atoms with Crippen LogP contribution >= 0.6 is 46.9 Å². The monoisotopic (exact) mass is 350 g/mol. The van der Waals surface area contributed by atoms with Crippen molar-refractivity contribution in [3.8, 4) is 0 Å². The van der Waals surface area contributed by atoms with Crippen molar-refractivity contribution in [2.45, 2.75) is 12.5 Å². The molecule has 0 saturated carbocycles. The minimum absolute atomic E-state index is 0. The summed E-state index contributed by atoms with van der Waals surface area (Å²) in [5.74, 6) is -0.101. The van der Waals surface area contributed by atoms with Crippen LogP contribution in [0.2, 0.25) is 10.0 Å². The third-order valence-electron chi connectivity index (χ3n) is 3.19. The summed E-state index contributed by atoms with van der Waals surface area (Å²) >= 11 is 13.6. The molecule has 0 aliphatic carbocycles. The van der Waals surface area contributed by atoms with Crippen LogP contribution < -0.4 is 10.6 Å². The van der Waals surface area contributed by atoms with E-state index in [4.69, 9.17) is 23.2 Å². The lowest BCUT2D eigenvalue weighted by atomic mass is 10.2. The van der Waals surface area contributed by atoms with Gasteiger partial charge in [-0.3, -0.25) is 4.79 Å². The lowest BCUT2D eigenvalue weighted by molar-refractivity contribution is 0.0944. The second kappa shape index (κ2) is 6.50. The summed E-state index contributed by atoms with van der Waals surface area (Å²) < 4.78 is 0.937. The highest BCUT2D eigenvalue weighted by atomic mass is 35.5. The summed E-state index contributed by atoms with van der Waals surface area (Å²) in [6, 6.07) is 5.66. The zero-order chi connectivity index (χ0) is 13.4. The molecule has 2 aromatic rings. The number of nitrogens with one attached hydrogen (secondary N) is 2. The predicted octanol–water partition coefficient (Wildman–Crippen LogP) is 3.72. The molecule has 1 aliphatic heterocycles. The normalized spacial score (nSPS) is 18.0. The van der Waals surface area contributed by atoms with Crippen LogP contribution in [0.5, 0.6) is 0 Å². The Kier molecular flexibility index (Phi) is 5.15. The van der Waals surface area contributed by atoms with Gasteiger partial charge in [-0.2, -0.15) is 0 Å². The minimum Gasteiger partial charge on any atom is -0.347 e. The molecular weight excluding hydrogens is 339 g/mol. The summed E-state index contributed by atoms with van der Waals surface area (Å²) in [6.45, 7) is 1.76. The number of benzene rings is 1. The van der Waals surface area contributed by atoms with E-state index in [9.17, 15) is 4.79 Å². The summed E-state index contributed by atoms with van der Waals surface area (Å²) in [5.41, 5.74) is 0. The van der Waals surface area contributed by atoms with Crippen molar-refractivity contribution in [3.05, 3.63) is 33.1 Å². The molecule has 1 saturated heterocycles. The fourth-order valence-electron chi connectivity index (χ4n) is 2.21. The summed E-state index contributed by atoms with van der Waals surface area (Å²) in [5, 5.41) is 8.26. The summed E-state index contributed by atoms with van der Waals surface area (Å²) in [6.07, 6.45) is 0.958. The topological polar surface area (TPSA) is 41.1 Å². The molecule has 0 radical (unpaired) electrons. The van der Waals surface area contributed by atoms with E-state index in [1.165, 1.54) is 11.3 Å². The Morgan fingerprint density at radius 2 is 2.20 bits per heavy atom. The van der Waals surface area contributed by atoms with Crippen LogP contribution in [0.25, 0.3) is 10.1 Å². The Labute approximate surface area is 137 Å². The SMILES string of the molecule is Cl.O=C(NC1CCNC1)c1sc2cc(Cl)ccc2c1Cl. The zero-order valence-corrected chi connectivity index (χ0v) is 13.6. The van der Waals surface area contributed by atoms with Crippen molar-refractivity contribution in [3.63, 3.8) is 0 Å². The maximum atomic E-state index is 12.2. The highest BCUT2D eigenvalue weighted by molar-refractivity contribution is 7.21. The lowest BCUT2D eigenvalue weighted by Gasteiger charge is -2.10. The fourth-order valence-corrected chi connectivity index (χ4v) is 3.91. The maximum Gasteiger partial charge on any atom is 0.263 e. The molecule has 2 N–H and O–H groups in total. The van der Waals surface area contributed by atoms with E-state index in [0.717, 1.165) is 29.6 Å². The first-order valence-electron chi connectivity index (χ1n) is 6.04. The van der Waals surface area contributed by atoms with E-state index in [1.807, 2.05) is 12.1 Å². The number of carbonyl (C=O) groups excluding carboxylic acids is 1. The number of hydrogen-bond donors (Lipinski definition) is 2. The Morgan fingerprint density at radius 1 is 1.40 bits per heavy atom.